The van der Waals surface area contributed by atoms with Gasteiger partial charge >= 0.3 is 5.97 Å². The minimum absolute atomic E-state index is 0.223. The first-order valence-electron chi connectivity index (χ1n) is 8.26. The van der Waals surface area contributed by atoms with Gasteiger partial charge in [0.25, 0.3) is 5.91 Å². The second kappa shape index (κ2) is 9.21. The Morgan fingerprint density at radius 3 is 2.18 bits per heavy atom. The van der Waals surface area contributed by atoms with E-state index < -0.39 is 24.5 Å². The highest BCUT2D eigenvalue weighted by Crippen LogP contribution is 2.17. The standard InChI is InChI=1S/C18H19N5O5/c1-10(22-11(2)24)17(27)23-13-4-6-15(20-8-13)14-5-3-12(7-19-14)18(28)21-9-16(25)26/h3-8,10H,9H2,1-2H3,(H,21,28)(H,22,24)(H,23,27)(H,25,26)/t10-/m0/s1. The molecule has 10 heteroatoms. The lowest BCUT2D eigenvalue weighted by molar-refractivity contribution is -0.135. The van der Waals surface area contributed by atoms with E-state index >= 15 is 0 Å². The van der Waals surface area contributed by atoms with Gasteiger partial charge in [0.1, 0.15) is 12.6 Å². The summed E-state index contributed by atoms with van der Waals surface area (Å²) in [6.45, 7) is 2.42. The Labute approximate surface area is 160 Å². The lowest BCUT2D eigenvalue weighted by atomic mass is 10.2. The highest BCUT2D eigenvalue weighted by atomic mass is 16.4. The molecule has 0 aliphatic heterocycles. The fourth-order valence-corrected chi connectivity index (χ4v) is 2.18. The van der Waals surface area contributed by atoms with Crippen LogP contribution in [0.15, 0.2) is 36.7 Å². The van der Waals surface area contributed by atoms with Crippen molar-refractivity contribution in [2.75, 3.05) is 11.9 Å². The Balaban J connectivity index is 2.01. The molecular formula is C18H19N5O5. The fourth-order valence-electron chi connectivity index (χ4n) is 2.18. The molecule has 1 atom stereocenters. The van der Waals surface area contributed by atoms with Crippen LogP contribution in [0.1, 0.15) is 24.2 Å². The van der Waals surface area contributed by atoms with Crippen LogP contribution in [0.4, 0.5) is 5.69 Å². The van der Waals surface area contributed by atoms with Gasteiger partial charge in [-0.15, -0.1) is 0 Å². The lowest BCUT2D eigenvalue weighted by Gasteiger charge is -2.12. The van der Waals surface area contributed by atoms with Crippen LogP contribution in [0.3, 0.4) is 0 Å². The number of nitrogens with one attached hydrogen (secondary N) is 3. The molecule has 0 aliphatic rings. The van der Waals surface area contributed by atoms with Crippen molar-refractivity contribution in [3.05, 3.63) is 42.2 Å². The summed E-state index contributed by atoms with van der Waals surface area (Å²) in [5.41, 5.74) is 1.70. The molecule has 3 amide bonds. The van der Waals surface area contributed by atoms with Crippen molar-refractivity contribution >= 4 is 29.4 Å². The van der Waals surface area contributed by atoms with Crippen molar-refractivity contribution in [3.8, 4) is 11.4 Å². The van der Waals surface area contributed by atoms with Gasteiger partial charge in [-0.3, -0.25) is 29.1 Å². The lowest BCUT2D eigenvalue weighted by Crippen LogP contribution is -2.40. The summed E-state index contributed by atoms with van der Waals surface area (Å²) in [6, 6.07) is 5.68. The number of carboxylic acid groups (broad SMARTS) is 1. The number of amides is 3. The first-order chi connectivity index (χ1) is 13.3. The highest BCUT2D eigenvalue weighted by molar-refractivity contribution is 5.97. The van der Waals surface area contributed by atoms with Crippen LogP contribution in [0, 0.1) is 0 Å². The number of rotatable bonds is 7. The van der Waals surface area contributed by atoms with Gasteiger partial charge in [-0.2, -0.15) is 0 Å². The van der Waals surface area contributed by atoms with Crippen molar-refractivity contribution in [1.29, 1.82) is 0 Å². The maximum absolute atomic E-state index is 12.0. The van der Waals surface area contributed by atoms with E-state index in [0.717, 1.165) is 0 Å². The molecule has 0 radical (unpaired) electrons. The molecule has 0 fully saturated rings. The molecule has 0 saturated carbocycles. The number of carbonyl (C=O) groups is 4. The summed E-state index contributed by atoms with van der Waals surface area (Å²) in [5.74, 6) is -2.36. The van der Waals surface area contributed by atoms with E-state index in [1.807, 2.05) is 0 Å². The predicted octanol–water partition coefficient (Wildman–Crippen LogP) is 0.421. The van der Waals surface area contributed by atoms with Crippen molar-refractivity contribution in [2.24, 2.45) is 0 Å². The Hall–Kier alpha value is -3.82. The Kier molecular flexibility index (Phi) is 6.74. The number of aliphatic carboxylic acids is 1. The monoisotopic (exact) mass is 385 g/mol. The average Bonchev–Trinajstić information content (AvgIpc) is 2.66. The second-order valence-electron chi connectivity index (χ2n) is 5.85. The summed E-state index contributed by atoms with van der Waals surface area (Å²) in [7, 11) is 0. The molecule has 146 valence electrons. The minimum atomic E-state index is -1.14. The molecule has 28 heavy (non-hydrogen) atoms. The molecule has 4 N–H and O–H groups in total. The van der Waals surface area contributed by atoms with E-state index in [2.05, 4.69) is 25.9 Å². The summed E-state index contributed by atoms with van der Waals surface area (Å²) >= 11 is 0. The van der Waals surface area contributed by atoms with Gasteiger partial charge in [-0.05, 0) is 31.2 Å². The van der Waals surface area contributed by atoms with Crippen molar-refractivity contribution in [1.82, 2.24) is 20.6 Å². The largest absolute Gasteiger partial charge is 0.480 e. The normalized spacial score (nSPS) is 11.2. The maximum Gasteiger partial charge on any atom is 0.322 e. The van der Waals surface area contributed by atoms with Crippen LogP contribution in [-0.4, -0.2) is 51.4 Å². The average molecular weight is 385 g/mol. The van der Waals surface area contributed by atoms with Gasteiger partial charge < -0.3 is 21.1 Å². The molecule has 0 bridgehead atoms. The van der Waals surface area contributed by atoms with Crippen molar-refractivity contribution in [2.45, 2.75) is 19.9 Å². The highest BCUT2D eigenvalue weighted by Gasteiger charge is 2.14. The van der Waals surface area contributed by atoms with Crippen LogP contribution in [0.5, 0.6) is 0 Å². The number of nitrogens with zero attached hydrogens (tertiary/aromatic N) is 2. The number of hydrogen-bond acceptors (Lipinski definition) is 6. The Morgan fingerprint density at radius 1 is 1.04 bits per heavy atom. The summed E-state index contributed by atoms with van der Waals surface area (Å²) in [5, 5.41) is 15.9. The van der Waals surface area contributed by atoms with Gasteiger partial charge in [-0.25, -0.2) is 0 Å². The maximum atomic E-state index is 12.0. The van der Waals surface area contributed by atoms with Gasteiger partial charge in [0, 0.05) is 13.1 Å². The van der Waals surface area contributed by atoms with E-state index in [-0.39, 0.29) is 17.4 Å². The number of pyridine rings is 2. The van der Waals surface area contributed by atoms with Crippen LogP contribution < -0.4 is 16.0 Å². The number of hydrogen-bond donors (Lipinski definition) is 4. The van der Waals surface area contributed by atoms with E-state index in [1.54, 1.807) is 25.1 Å². The van der Waals surface area contributed by atoms with Crippen LogP contribution in [0.2, 0.25) is 0 Å². The number of carbonyl (C=O) groups excluding carboxylic acids is 3. The fraction of sp³-hybridized carbons (Fsp3) is 0.222. The molecule has 0 aliphatic carbocycles. The number of aromatic nitrogens is 2. The first kappa shape index (κ1) is 20.5. The van der Waals surface area contributed by atoms with Gasteiger partial charge in [-0.1, -0.05) is 0 Å². The molecule has 2 aromatic rings. The van der Waals surface area contributed by atoms with Gasteiger partial charge in [0.15, 0.2) is 0 Å². The molecule has 0 aromatic carbocycles. The van der Waals surface area contributed by atoms with Crippen LogP contribution in [-0.2, 0) is 14.4 Å². The van der Waals surface area contributed by atoms with Crippen LogP contribution >= 0.6 is 0 Å². The third-order valence-corrected chi connectivity index (χ3v) is 3.53. The molecular weight excluding hydrogens is 366 g/mol. The van der Waals surface area contributed by atoms with Gasteiger partial charge in [0.05, 0.1) is 28.8 Å². The third kappa shape index (κ3) is 5.87. The van der Waals surface area contributed by atoms with Crippen molar-refractivity contribution < 1.29 is 24.3 Å². The van der Waals surface area contributed by atoms with E-state index in [9.17, 15) is 19.2 Å². The Morgan fingerprint density at radius 2 is 1.68 bits per heavy atom. The zero-order chi connectivity index (χ0) is 20.7. The SMILES string of the molecule is CC(=O)N[C@@H](C)C(=O)Nc1ccc(-c2ccc(C(=O)NCC(=O)O)cn2)nc1. The summed E-state index contributed by atoms with van der Waals surface area (Å²) in [6.07, 6.45) is 2.77. The summed E-state index contributed by atoms with van der Waals surface area (Å²) < 4.78 is 0. The summed E-state index contributed by atoms with van der Waals surface area (Å²) in [4.78, 5) is 53.5. The Bertz CT molecular complexity index is 880. The number of anilines is 1. The topological polar surface area (TPSA) is 150 Å². The predicted molar refractivity (Wildman–Crippen MR) is 99.3 cm³/mol. The molecule has 2 aromatic heterocycles. The third-order valence-electron chi connectivity index (χ3n) is 3.53. The molecule has 0 saturated heterocycles. The van der Waals surface area contributed by atoms with Crippen LogP contribution in [0.25, 0.3) is 11.4 Å². The minimum Gasteiger partial charge on any atom is -0.480 e. The molecule has 2 rings (SSSR count). The molecule has 10 nitrogen and oxygen atoms in total. The molecule has 0 spiro atoms. The zero-order valence-corrected chi connectivity index (χ0v) is 15.2. The smallest absolute Gasteiger partial charge is 0.322 e. The quantitative estimate of drug-likeness (QED) is 0.539. The van der Waals surface area contributed by atoms with E-state index in [0.29, 0.717) is 17.1 Å². The second-order valence-corrected chi connectivity index (χ2v) is 5.85. The zero-order valence-electron chi connectivity index (χ0n) is 15.2. The van der Waals surface area contributed by atoms with E-state index in [4.69, 9.17) is 5.11 Å². The first-order valence-corrected chi connectivity index (χ1v) is 8.26. The van der Waals surface area contributed by atoms with E-state index in [1.165, 1.54) is 25.4 Å². The molecule has 2 heterocycles. The number of carboxylic acids is 1. The van der Waals surface area contributed by atoms with Crippen molar-refractivity contribution in [3.63, 3.8) is 0 Å². The molecule has 0 unspecified atom stereocenters. The van der Waals surface area contributed by atoms with Gasteiger partial charge in [0.2, 0.25) is 11.8 Å².